The van der Waals surface area contributed by atoms with Crippen LogP contribution in [0.3, 0.4) is 0 Å². The van der Waals surface area contributed by atoms with Crippen LogP contribution in [-0.4, -0.2) is 50.6 Å². The highest BCUT2D eigenvalue weighted by Crippen LogP contribution is 2.17. The molecule has 0 amide bonds. The lowest BCUT2D eigenvalue weighted by Gasteiger charge is -2.28. The smallest absolute Gasteiger partial charge is 0.191 e. The molecule has 0 unspecified atom stereocenters. The van der Waals surface area contributed by atoms with Crippen molar-refractivity contribution in [2.24, 2.45) is 10.9 Å². The summed E-state index contributed by atoms with van der Waals surface area (Å²) in [6, 6.07) is 5.26. The summed E-state index contributed by atoms with van der Waals surface area (Å²) >= 11 is 3.29. The fourth-order valence-electron chi connectivity index (χ4n) is 3.02. The van der Waals surface area contributed by atoms with Crippen molar-refractivity contribution in [3.05, 3.63) is 34.1 Å². The zero-order valence-corrected chi connectivity index (χ0v) is 19.6. The number of aliphatic imine (C=N–C) groups is 1. The van der Waals surface area contributed by atoms with Crippen molar-refractivity contribution in [1.29, 1.82) is 0 Å². The Labute approximate surface area is 182 Å². The molecule has 0 aliphatic carbocycles. The zero-order chi connectivity index (χ0) is 18.1. The molecule has 1 aliphatic heterocycles. The summed E-state index contributed by atoms with van der Waals surface area (Å²) in [6.45, 7) is 6.93. The first-order chi connectivity index (χ1) is 12.1. The van der Waals surface area contributed by atoms with E-state index in [1.165, 1.54) is 32.0 Å². The minimum absolute atomic E-state index is 0. The summed E-state index contributed by atoms with van der Waals surface area (Å²) < 4.78 is 14.6. The first-order valence-corrected chi connectivity index (χ1v) is 10.0. The summed E-state index contributed by atoms with van der Waals surface area (Å²) in [7, 11) is 2.18. The van der Waals surface area contributed by atoms with Crippen molar-refractivity contribution < 1.29 is 4.39 Å². The van der Waals surface area contributed by atoms with Gasteiger partial charge >= 0.3 is 0 Å². The topological polar surface area (TPSA) is 39.7 Å². The van der Waals surface area contributed by atoms with Gasteiger partial charge in [-0.15, -0.1) is 24.0 Å². The molecule has 1 aromatic rings. The van der Waals surface area contributed by atoms with Crippen LogP contribution in [0.25, 0.3) is 0 Å². The molecule has 2 N–H and O–H groups in total. The molecule has 1 fully saturated rings. The van der Waals surface area contributed by atoms with E-state index in [9.17, 15) is 4.39 Å². The summed E-state index contributed by atoms with van der Waals surface area (Å²) in [5, 5.41) is 6.66. The van der Waals surface area contributed by atoms with Crippen molar-refractivity contribution in [3.8, 4) is 0 Å². The highest BCUT2D eigenvalue weighted by molar-refractivity contribution is 14.0. The van der Waals surface area contributed by atoms with Gasteiger partial charge in [-0.05, 0) is 76.4 Å². The van der Waals surface area contributed by atoms with Gasteiger partial charge in [-0.1, -0.05) is 22.0 Å². The lowest BCUT2D eigenvalue weighted by Crippen LogP contribution is -2.39. The molecule has 1 aliphatic rings. The third-order valence-electron chi connectivity index (χ3n) is 4.62. The summed E-state index contributed by atoms with van der Waals surface area (Å²) in [6.07, 6.45) is 4.04. The molecule has 0 aromatic heterocycles. The van der Waals surface area contributed by atoms with Gasteiger partial charge in [-0.3, -0.25) is 4.99 Å². The van der Waals surface area contributed by atoms with Gasteiger partial charge in [-0.25, -0.2) is 4.39 Å². The number of hydrogen-bond donors (Lipinski definition) is 2. The highest BCUT2D eigenvalue weighted by Gasteiger charge is 2.16. The lowest BCUT2D eigenvalue weighted by molar-refractivity contribution is 0.223. The monoisotopic (exact) mass is 540 g/mol. The van der Waals surface area contributed by atoms with E-state index in [0.717, 1.165) is 48.5 Å². The third-order valence-corrected chi connectivity index (χ3v) is 5.11. The maximum atomic E-state index is 13.8. The second kappa shape index (κ2) is 12.9. The predicted molar refractivity (Wildman–Crippen MR) is 122 cm³/mol. The van der Waals surface area contributed by atoms with Crippen LogP contribution in [0, 0.1) is 11.7 Å². The largest absolute Gasteiger partial charge is 0.357 e. The first-order valence-electron chi connectivity index (χ1n) is 9.23. The van der Waals surface area contributed by atoms with Crippen LogP contribution < -0.4 is 10.6 Å². The number of nitrogens with zero attached hydrogens (tertiary/aromatic N) is 2. The van der Waals surface area contributed by atoms with Gasteiger partial charge in [0.05, 0.1) is 0 Å². The number of rotatable bonds is 7. The lowest BCUT2D eigenvalue weighted by atomic mass is 9.97. The molecule has 0 saturated carbocycles. The summed E-state index contributed by atoms with van der Waals surface area (Å²) in [4.78, 5) is 7.11. The van der Waals surface area contributed by atoms with Crippen LogP contribution in [0.2, 0.25) is 0 Å². The number of likely N-dealkylation sites (tertiary alicyclic amines) is 1. The van der Waals surface area contributed by atoms with Gasteiger partial charge < -0.3 is 15.5 Å². The first kappa shape index (κ1) is 23.6. The Morgan fingerprint density at radius 1 is 1.31 bits per heavy atom. The molecule has 0 atom stereocenters. The Kier molecular flexibility index (Phi) is 11.7. The van der Waals surface area contributed by atoms with Gasteiger partial charge in [0.15, 0.2) is 5.96 Å². The molecular formula is C19H31BrFIN4. The molecule has 1 saturated heterocycles. The van der Waals surface area contributed by atoms with Crippen molar-refractivity contribution in [2.45, 2.75) is 32.6 Å². The number of nitrogens with one attached hydrogen (secondary N) is 2. The SMILES string of the molecule is CCNC(=NCC1CCN(C)CC1)NCCCc1ccc(Br)cc1F.I. The minimum Gasteiger partial charge on any atom is -0.357 e. The highest BCUT2D eigenvalue weighted by atomic mass is 127. The second-order valence-electron chi connectivity index (χ2n) is 6.73. The van der Waals surface area contributed by atoms with E-state index < -0.39 is 0 Å². The van der Waals surface area contributed by atoms with E-state index in [0.29, 0.717) is 5.92 Å². The van der Waals surface area contributed by atoms with Crippen LogP contribution in [0.5, 0.6) is 0 Å². The number of piperidine rings is 1. The maximum absolute atomic E-state index is 13.8. The van der Waals surface area contributed by atoms with Crippen LogP contribution >= 0.6 is 39.9 Å². The molecular weight excluding hydrogens is 510 g/mol. The second-order valence-corrected chi connectivity index (χ2v) is 7.65. The number of halogens is 3. The number of hydrogen-bond acceptors (Lipinski definition) is 2. The van der Waals surface area contributed by atoms with E-state index in [-0.39, 0.29) is 29.8 Å². The quantitative estimate of drug-likeness (QED) is 0.237. The molecule has 1 aromatic carbocycles. The minimum atomic E-state index is -0.141. The Morgan fingerprint density at radius 3 is 2.69 bits per heavy atom. The number of benzene rings is 1. The van der Waals surface area contributed by atoms with Crippen LogP contribution in [0.4, 0.5) is 4.39 Å². The van der Waals surface area contributed by atoms with Crippen LogP contribution in [0.1, 0.15) is 31.7 Å². The molecule has 7 heteroatoms. The summed E-state index contributed by atoms with van der Waals surface area (Å²) in [5.41, 5.74) is 0.762. The van der Waals surface area contributed by atoms with Crippen LogP contribution in [0.15, 0.2) is 27.7 Å². The number of aryl methyl sites for hydroxylation is 1. The molecule has 26 heavy (non-hydrogen) atoms. The Bertz CT molecular complexity index is 562. The zero-order valence-electron chi connectivity index (χ0n) is 15.7. The van der Waals surface area contributed by atoms with Gasteiger partial charge in [0.2, 0.25) is 0 Å². The average Bonchev–Trinajstić information content (AvgIpc) is 2.59. The fraction of sp³-hybridized carbons (Fsp3) is 0.632. The van der Waals surface area contributed by atoms with Crippen molar-refractivity contribution in [3.63, 3.8) is 0 Å². The Morgan fingerprint density at radius 2 is 2.04 bits per heavy atom. The van der Waals surface area contributed by atoms with Crippen molar-refractivity contribution in [2.75, 3.05) is 39.8 Å². The van der Waals surface area contributed by atoms with Gasteiger partial charge in [0.25, 0.3) is 0 Å². The summed E-state index contributed by atoms with van der Waals surface area (Å²) in [5.74, 6) is 1.42. The molecule has 2 rings (SSSR count). The van der Waals surface area contributed by atoms with Crippen LogP contribution in [-0.2, 0) is 6.42 Å². The van der Waals surface area contributed by atoms with Crippen molar-refractivity contribution >= 4 is 45.9 Å². The van der Waals surface area contributed by atoms with E-state index in [2.05, 4.69) is 45.4 Å². The molecule has 1 heterocycles. The molecule has 148 valence electrons. The molecule has 0 bridgehead atoms. The normalized spacial score (nSPS) is 16.2. The molecule has 4 nitrogen and oxygen atoms in total. The maximum Gasteiger partial charge on any atom is 0.191 e. The fourth-order valence-corrected chi connectivity index (χ4v) is 3.35. The third kappa shape index (κ3) is 8.52. The predicted octanol–water partition coefficient (Wildman–Crippen LogP) is 4.04. The Balaban J connectivity index is 0.00000338. The standard InChI is InChI=1S/C19H30BrFN4.HI/c1-3-22-19(24-14-15-8-11-25(2)12-9-15)23-10-4-5-16-6-7-17(20)13-18(16)21;/h6-7,13,15H,3-5,8-12,14H2,1-2H3,(H2,22,23,24);1H. The van der Waals surface area contributed by atoms with Gasteiger partial charge in [0, 0.05) is 24.1 Å². The van der Waals surface area contributed by atoms with Gasteiger partial charge in [0.1, 0.15) is 5.82 Å². The van der Waals surface area contributed by atoms with Gasteiger partial charge in [-0.2, -0.15) is 0 Å². The average molecular weight is 541 g/mol. The number of guanidine groups is 1. The Hall–Kier alpha value is -0.410. The van der Waals surface area contributed by atoms with Crippen molar-refractivity contribution in [1.82, 2.24) is 15.5 Å². The van der Waals surface area contributed by atoms with E-state index >= 15 is 0 Å². The molecule has 0 radical (unpaired) electrons. The van der Waals surface area contributed by atoms with E-state index in [1.54, 1.807) is 0 Å². The molecule has 0 spiro atoms. The van der Waals surface area contributed by atoms with E-state index in [4.69, 9.17) is 4.99 Å². The van der Waals surface area contributed by atoms with E-state index in [1.807, 2.05) is 12.1 Å².